The van der Waals surface area contributed by atoms with Crippen molar-refractivity contribution in [3.8, 4) is 0 Å². The maximum absolute atomic E-state index is 2.24. The Morgan fingerprint density at radius 3 is 0.667 bits per heavy atom. The molecule has 0 aliphatic rings. The van der Waals surface area contributed by atoms with Gasteiger partial charge in [-0.15, -0.1) is 138 Å². The molecule has 0 radical (unpaired) electrons. The Balaban J connectivity index is 0.000000334. The van der Waals surface area contributed by atoms with E-state index in [0.29, 0.717) is 0 Å². The fourth-order valence-corrected chi connectivity index (χ4v) is 6.16. The van der Waals surface area contributed by atoms with Crippen molar-refractivity contribution in [3.63, 3.8) is 0 Å². The molecule has 0 nitrogen and oxygen atoms in total. The van der Waals surface area contributed by atoms with E-state index in [9.17, 15) is 0 Å². The van der Waals surface area contributed by atoms with Gasteiger partial charge in [-0.05, 0) is 27.7 Å². The molecule has 0 saturated carbocycles. The van der Waals surface area contributed by atoms with Crippen LogP contribution in [0.25, 0.3) is 43.1 Å². The predicted octanol–water partition coefficient (Wildman–Crippen LogP) is 8.20. The molecule has 0 saturated heterocycles. The van der Waals surface area contributed by atoms with Crippen molar-refractivity contribution in [2.45, 2.75) is 83.1 Å². The zero-order valence-electron chi connectivity index (χ0n) is 34.3. The van der Waals surface area contributed by atoms with E-state index in [1.165, 1.54) is 95.2 Å². The van der Waals surface area contributed by atoms with Crippen molar-refractivity contribution in [3.05, 3.63) is 166 Å². The van der Waals surface area contributed by atoms with Crippen LogP contribution in [-0.2, 0) is 39.9 Å². The van der Waals surface area contributed by atoms with Crippen molar-refractivity contribution < 1.29 is 64.8 Å². The van der Waals surface area contributed by atoms with Gasteiger partial charge in [0.25, 0.3) is 0 Å². The van der Waals surface area contributed by atoms with Crippen LogP contribution in [0, 0.1) is 55.4 Å². The van der Waals surface area contributed by atoms with Crippen LogP contribution < -0.4 is 24.8 Å². The first-order valence-corrected chi connectivity index (χ1v) is 19.7. The zero-order valence-corrected chi connectivity index (χ0v) is 38.9. The SMILES string of the molecule is C[C](C)=[Ti+2].C[C](C)=[Ti+2].Cc1cc2c(C)cccc2[cH-]1.Cc1cc2c(C)cccc2[cH-]1.Cc1cc2c(C)cccc2[cH-]1.Cc1cc2c(C)cccc2[cH-]1.[Cl-].[Cl-]. The van der Waals surface area contributed by atoms with E-state index in [0.717, 1.165) is 0 Å². The minimum Gasteiger partial charge on any atom is -1.00 e. The third kappa shape index (κ3) is 15.7. The van der Waals surface area contributed by atoms with Crippen molar-refractivity contribution in [2.24, 2.45) is 0 Å². The molecule has 0 bridgehead atoms. The first kappa shape index (κ1) is 49.1. The smallest absolute Gasteiger partial charge is 0.0488 e. The van der Waals surface area contributed by atoms with E-state index in [4.69, 9.17) is 0 Å². The quantitative estimate of drug-likeness (QED) is 0.107. The molecule has 0 heterocycles. The summed E-state index contributed by atoms with van der Waals surface area (Å²) >= 11 is 4.17. The maximum atomic E-state index is 2.24. The number of fused-ring (bicyclic) bond motifs is 4. The summed E-state index contributed by atoms with van der Waals surface area (Å²) in [7, 11) is 0. The summed E-state index contributed by atoms with van der Waals surface area (Å²) in [6.45, 7) is 25.5. The van der Waals surface area contributed by atoms with E-state index in [1.807, 2.05) is 0 Å². The normalized spacial score (nSPS) is 9.78. The Hall–Kier alpha value is -2.93. The molecule has 4 heteroatoms. The fraction of sp³-hybridized carbons (Fsp3) is 0.240. The van der Waals surface area contributed by atoms with E-state index >= 15 is 0 Å². The third-order valence-electron chi connectivity index (χ3n) is 8.45. The molecule has 0 amide bonds. The minimum absolute atomic E-state index is 0. The molecule has 0 aliphatic heterocycles. The van der Waals surface area contributed by atoms with Gasteiger partial charge < -0.3 is 24.8 Å². The van der Waals surface area contributed by atoms with Crippen molar-refractivity contribution in [2.75, 3.05) is 0 Å². The summed E-state index contributed by atoms with van der Waals surface area (Å²) in [6.07, 6.45) is 0. The molecule has 0 aliphatic carbocycles. The van der Waals surface area contributed by atoms with Gasteiger partial charge in [-0.2, -0.15) is 24.3 Å². The number of hydrogen-bond acceptors (Lipinski definition) is 0. The summed E-state index contributed by atoms with van der Waals surface area (Å²) in [5, 5.41) is 11.0. The van der Waals surface area contributed by atoms with E-state index < -0.39 is 0 Å². The minimum atomic E-state index is 0. The van der Waals surface area contributed by atoms with Crippen LogP contribution in [0.2, 0.25) is 0 Å². The van der Waals surface area contributed by atoms with Crippen molar-refractivity contribution in [1.29, 1.82) is 0 Å². The van der Waals surface area contributed by atoms with Gasteiger partial charge in [0.05, 0.1) is 0 Å². The average molecular weight is 824 g/mol. The first-order valence-electron chi connectivity index (χ1n) is 18.1. The van der Waals surface area contributed by atoms with Crippen LogP contribution in [0.5, 0.6) is 0 Å². The van der Waals surface area contributed by atoms with Gasteiger partial charge in [0.15, 0.2) is 0 Å². The zero-order chi connectivity index (χ0) is 38.5. The summed E-state index contributed by atoms with van der Waals surface area (Å²) < 4.78 is 2.83. The fourth-order valence-electron chi connectivity index (χ4n) is 6.16. The van der Waals surface area contributed by atoms with Gasteiger partial charge in [0.1, 0.15) is 0 Å². The second kappa shape index (κ2) is 23.9. The van der Waals surface area contributed by atoms with Gasteiger partial charge in [-0.25, -0.2) is 0 Å². The standard InChI is InChI=1S/4C11H11.2C3H6.2ClH.2Ti/c4*1-8-6-10-5-3-4-9(2)11(10)7-8;2*1-3-2;;;;/h4*3-7H,1-2H3;2*1-2H3;2*1H;;/q4*-1;;;;;2*+2/p-2. The maximum Gasteiger partial charge on any atom is -0.0488 e. The van der Waals surface area contributed by atoms with Gasteiger partial charge in [0, 0.05) is 0 Å². The Morgan fingerprint density at radius 1 is 0.352 bits per heavy atom. The molecule has 0 aromatic heterocycles. The van der Waals surface area contributed by atoms with Crippen LogP contribution >= 0.6 is 0 Å². The number of benzene rings is 4. The average Bonchev–Trinajstić information content (AvgIpc) is 3.83. The molecule has 8 aromatic rings. The second-order valence-electron chi connectivity index (χ2n) is 14.4. The monoisotopic (exact) mass is 822 g/mol. The molecule has 0 atom stereocenters. The van der Waals surface area contributed by atoms with Gasteiger partial charge in [-0.3, -0.25) is 0 Å². The number of rotatable bonds is 0. The molecule has 280 valence electrons. The van der Waals surface area contributed by atoms with Crippen LogP contribution in [0.1, 0.15) is 72.2 Å². The summed E-state index contributed by atoms with van der Waals surface area (Å²) in [5.41, 5.74) is 10.9. The van der Waals surface area contributed by atoms with E-state index in [2.05, 4.69) is 244 Å². The molecular weight excluding hydrogens is 767 g/mol. The van der Waals surface area contributed by atoms with Crippen LogP contribution in [0.3, 0.4) is 0 Å². The molecular formula is C50H56Cl2Ti2-2. The molecule has 8 rings (SSSR count). The predicted molar refractivity (Wildman–Crippen MR) is 229 cm³/mol. The van der Waals surface area contributed by atoms with Crippen LogP contribution in [-0.4, -0.2) is 7.62 Å². The van der Waals surface area contributed by atoms with E-state index in [-0.39, 0.29) is 24.8 Å². The Kier molecular flexibility index (Phi) is 21.7. The summed E-state index contributed by atoms with van der Waals surface area (Å²) in [4.78, 5) is 0. The molecule has 0 unspecified atom stereocenters. The topological polar surface area (TPSA) is 0 Å². The number of hydrogen-bond donors (Lipinski definition) is 0. The molecule has 0 spiro atoms. The number of aryl methyl sites for hydroxylation is 8. The van der Waals surface area contributed by atoms with Gasteiger partial charge in [-0.1, -0.05) is 74.2 Å². The second-order valence-corrected chi connectivity index (χ2v) is 17.6. The first-order chi connectivity index (χ1) is 24.5. The van der Waals surface area contributed by atoms with Crippen molar-refractivity contribution in [1.82, 2.24) is 0 Å². The van der Waals surface area contributed by atoms with Crippen LogP contribution in [0.15, 0.2) is 121 Å². The number of halogens is 2. The van der Waals surface area contributed by atoms with Gasteiger partial charge in [0.2, 0.25) is 0 Å². The summed E-state index contributed by atoms with van der Waals surface area (Å²) in [5.74, 6) is 0. The third-order valence-corrected chi connectivity index (χ3v) is 8.45. The van der Waals surface area contributed by atoms with E-state index in [1.54, 1.807) is 0 Å². The molecule has 8 aromatic carbocycles. The van der Waals surface area contributed by atoms with Crippen LogP contribution in [0.4, 0.5) is 0 Å². The molecule has 0 fully saturated rings. The Labute approximate surface area is 361 Å². The Morgan fingerprint density at radius 2 is 0.519 bits per heavy atom. The van der Waals surface area contributed by atoms with Gasteiger partial charge >= 0.3 is 75.3 Å². The summed E-state index contributed by atoms with van der Waals surface area (Å²) in [6, 6.07) is 43.6. The Bertz CT molecular complexity index is 2040. The largest absolute Gasteiger partial charge is 1.00 e. The van der Waals surface area contributed by atoms with Crippen molar-refractivity contribution >= 4 is 50.7 Å². The molecule has 0 N–H and O–H groups in total. The molecule has 54 heavy (non-hydrogen) atoms.